The summed E-state index contributed by atoms with van der Waals surface area (Å²) in [6.07, 6.45) is 6.35. The maximum absolute atomic E-state index is 12.3. The molecular formula is C21H30N4O2S. The van der Waals surface area contributed by atoms with Crippen LogP contribution in [0.25, 0.3) is 10.2 Å². The monoisotopic (exact) mass is 402 g/mol. The zero-order chi connectivity index (χ0) is 20.3. The van der Waals surface area contributed by atoms with Gasteiger partial charge in [0.15, 0.2) is 0 Å². The third kappa shape index (κ3) is 5.22. The zero-order valence-electron chi connectivity index (χ0n) is 17.4. The van der Waals surface area contributed by atoms with Gasteiger partial charge in [-0.1, -0.05) is 11.6 Å². The van der Waals surface area contributed by atoms with Gasteiger partial charge < -0.3 is 15.0 Å². The summed E-state index contributed by atoms with van der Waals surface area (Å²) >= 11 is 1.68. The molecule has 2 aromatic rings. The zero-order valence-corrected chi connectivity index (χ0v) is 18.2. The Morgan fingerprint density at radius 2 is 2.14 bits per heavy atom. The highest BCUT2D eigenvalue weighted by atomic mass is 32.1. The van der Waals surface area contributed by atoms with E-state index in [2.05, 4.69) is 40.6 Å². The molecule has 1 N–H and O–H groups in total. The normalized spacial score (nSPS) is 16.5. The summed E-state index contributed by atoms with van der Waals surface area (Å²) < 4.78 is 6.62. The van der Waals surface area contributed by atoms with Gasteiger partial charge in [0.2, 0.25) is 0 Å². The molecule has 1 aliphatic heterocycles. The van der Waals surface area contributed by atoms with Crippen LogP contribution in [0, 0.1) is 6.92 Å². The van der Waals surface area contributed by atoms with Gasteiger partial charge in [0, 0.05) is 19.1 Å². The average Bonchev–Trinajstić information content (AvgIpc) is 2.83. The van der Waals surface area contributed by atoms with E-state index < -0.39 is 5.60 Å². The van der Waals surface area contributed by atoms with Crippen molar-refractivity contribution in [2.45, 2.75) is 65.5 Å². The van der Waals surface area contributed by atoms with Gasteiger partial charge in [0.05, 0.1) is 10.2 Å². The minimum Gasteiger partial charge on any atom is -0.444 e. The molecule has 152 valence electrons. The third-order valence-electron chi connectivity index (χ3n) is 4.67. The van der Waals surface area contributed by atoms with Crippen molar-refractivity contribution in [3.63, 3.8) is 0 Å². The fourth-order valence-electron chi connectivity index (χ4n) is 3.36. The van der Waals surface area contributed by atoms with Crippen LogP contribution in [0.15, 0.2) is 23.4 Å². The molecule has 0 saturated heterocycles. The highest BCUT2D eigenvalue weighted by Crippen LogP contribution is 2.29. The molecule has 0 bridgehead atoms. The maximum atomic E-state index is 12.3. The summed E-state index contributed by atoms with van der Waals surface area (Å²) in [6, 6.07) is 0.250. The van der Waals surface area contributed by atoms with Crippen LogP contribution in [-0.4, -0.2) is 45.7 Å². The van der Waals surface area contributed by atoms with Gasteiger partial charge in [0.1, 0.15) is 17.7 Å². The highest BCUT2D eigenvalue weighted by Gasteiger charge is 2.23. The minimum absolute atomic E-state index is 0.218. The smallest absolute Gasteiger partial charge is 0.410 e. The molecule has 7 heteroatoms. The van der Waals surface area contributed by atoms with Crippen LogP contribution in [0.3, 0.4) is 0 Å². The van der Waals surface area contributed by atoms with Crippen LogP contribution in [-0.2, 0) is 4.74 Å². The second kappa shape index (κ2) is 8.47. The molecule has 1 atom stereocenters. The molecule has 3 heterocycles. The number of hydrogen-bond donors (Lipinski definition) is 1. The van der Waals surface area contributed by atoms with Gasteiger partial charge >= 0.3 is 6.09 Å². The lowest BCUT2D eigenvalue weighted by molar-refractivity contribution is 0.0259. The number of nitrogens with one attached hydrogen (secondary N) is 1. The topological polar surface area (TPSA) is 67.4 Å². The molecule has 0 fully saturated rings. The highest BCUT2D eigenvalue weighted by molar-refractivity contribution is 7.18. The first-order valence-electron chi connectivity index (χ1n) is 9.84. The lowest BCUT2D eigenvalue weighted by Crippen LogP contribution is -2.37. The number of anilines is 1. The molecule has 1 amide bonds. The summed E-state index contributed by atoms with van der Waals surface area (Å²) in [6.45, 7) is 11.4. The van der Waals surface area contributed by atoms with E-state index in [0.717, 1.165) is 35.3 Å². The van der Waals surface area contributed by atoms with Crippen molar-refractivity contribution in [1.29, 1.82) is 0 Å². The Morgan fingerprint density at radius 1 is 1.36 bits per heavy atom. The third-order valence-corrected chi connectivity index (χ3v) is 5.76. The molecule has 2 aromatic heterocycles. The Kier molecular flexibility index (Phi) is 6.23. The predicted octanol–water partition coefficient (Wildman–Crippen LogP) is 5.15. The summed E-state index contributed by atoms with van der Waals surface area (Å²) in [5, 5.41) is 5.66. The summed E-state index contributed by atoms with van der Waals surface area (Å²) in [4.78, 5) is 23.0. The van der Waals surface area contributed by atoms with E-state index in [9.17, 15) is 4.79 Å². The molecular weight excluding hydrogens is 372 g/mol. The lowest BCUT2D eigenvalue weighted by Gasteiger charge is -2.26. The van der Waals surface area contributed by atoms with Crippen molar-refractivity contribution in [2.75, 3.05) is 18.4 Å². The van der Waals surface area contributed by atoms with E-state index in [1.165, 1.54) is 11.1 Å². The number of aryl methyl sites for hydroxylation is 1. The first kappa shape index (κ1) is 20.6. The van der Waals surface area contributed by atoms with Gasteiger partial charge in [-0.25, -0.2) is 14.8 Å². The molecule has 3 rings (SSSR count). The Bertz CT molecular complexity index is 869. The van der Waals surface area contributed by atoms with Gasteiger partial charge in [-0.05, 0) is 64.8 Å². The molecule has 1 aliphatic rings. The molecule has 0 radical (unpaired) electrons. The van der Waals surface area contributed by atoms with E-state index in [4.69, 9.17) is 4.74 Å². The first-order valence-corrected chi connectivity index (χ1v) is 10.7. The van der Waals surface area contributed by atoms with Gasteiger partial charge in [-0.15, -0.1) is 11.3 Å². The minimum atomic E-state index is -0.457. The van der Waals surface area contributed by atoms with Crippen LogP contribution in [0.4, 0.5) is 10.6 Å². The Hall–Kier alpha value is -2.15. The van der Waals surface area contributed by atoms with E-state index in [0.29, 0.717) is 13.1 Å². The Balaban J connectivity index is 1.57. The quantitative estimate of drug-likeness (QED) is 0.717. The van der Waals surface area contributed by atoms with Gasteiger partial charge in [-0.3, -0.25) is 0 Å². The lowest BCUT2D eigenvalue weighted by atomic mass is 10.0. The fourth-order valence-corrected chi connectivity index (χ4v) is 4.32. The van der Waals surface area contributed by atoms with E-state index >= 15 is 0 Å². The Labute approximate surface area is 171 Å². The number of ether oxygens (including phenoxy) is 1. The van der Waals surface area contributed by atoms with Crippen LogP contribution in [0.1, 0.15) is 52.5 Å². The molecule has 0 spiro atoms. The molecule has 0 aliphatic carbocycles. The summed E-state index contributed by atoms with van der Waals surface area (Å²) in [7, 11) is 0. The SMILES string of the molecule is Cc1csc2c(N[C@@H](C)CC3=CCCN(C(=O)OC(C)(C)C)CC3)ncnc12. The molecule has 0 aromatic carbocycles. The second-order valence-electron chi connectivity index (χ2n) is 8.44. The largest absolute Gasteiger partial charge is 0.444 e. The van der Waals surface area contributed by atoms with Crippen molar-refractivity contribution in [3.8, 4) is 0 Å². The average molecular weight is 403 g/mol. The van der Waals surface area contributed by atoms with Crippen molar-refractivity contribution in [3.05, 3.63) is 28.9 Å². The van der Waals surface area contributed by atoms with Crippen molar-refractivity contribution in [2.24, 2.45) is 0 Å². The number of nitrogens with zero attached hydrogens (tertiary/aromatic N) is 3. The van der Waals surface area contributed by atoms with Gasteiger partial charge in [-0.2, -0.15) is 0 Å². The number of carbonyl (C=O) groups excluding carboxylic acids is 1. The van der Waals surface area contributed by atoms with Crippen molar-refractivity contribution in [1.82, 2.24) is 14.9 Å². The summed E-state index contributed by atoms with van der Waals surface area (Å²) in [5.41, 5.74) is 3.13. The number of fused-ring (bicyclic) bond motifs is 1. The molecule has 28 heavy (non-hydrogen) atoms. The number of amides is 1. The number of hydrogen-bond acceptors (Lipinski definition) is 6. The number of carbonyl (C=O) groups is 1. The van der Waals surface area contributed by atoms with E-state index in [1.54, 1.807) is 17.7 Å². The molecule has 6 nitrogen and oxygen atoms in total. The molecule has 0 unspecified atom stereocenters. The van der Waals surface area contributed by atoms with Crippen LogP contribution < -0.4 is 5.32 Å². The van der Waals surface area contributed by atoms with Crippen molar-refractivity contribution < 1.29 is 9.53 Å². The van der Waals surface area contributed by atoms with E-state index in [1.807, 2.05) is 25.7 Å². The first-order chi connectivity index (χ1) is 13.2. The second-order valence-corrected chi connectivity index (χ2v) is 9.32. The number of thiophene rings is 1. The number of aromatic nitrogens is 2. The standard InChI is InChI=1S/C21H30N4O2S/c1-14-12-28-18-17(14)22-13-23-19(18)24-15(2)11-16-7-6-9-25(10-8-16)20(26)27-21(3,4)5/h7,12-13,15H,6,8-11H2,1-5H3,(H,22,23,24)/t15-/m0/s1. The number of rotatable bonds is 4. The fraction of sp³-hybridized carbons (Fsp3) is 0.571. The predicted molar refractivity (Wildman–Crippen MR) is 115 cm³/mol. The maximum Gasteiger partial charge on any atom is 0.410 e. The van der Waals surface area contributed by atoms with Crippen LogP contribution in [0.2, 0.25) is 0 Å². The summed E-state index contributed by atoms with van der Waals surface area (Å²) in [5.74, 6) is 0.903. The van der Waals surface area contributed by atoms with Crippen LogP contribution in [0.5, 0.6) is 0 Å². The molecule has 0 saturated carbocycles. The van der Waals surface area contributed by atoms with E-state index in [-0.39, 0.29) is 12.1 Å². The van der Waals surface area contributed by atoms with Crippen molar-refractivity contribution >= 4 is 33.5 Å². The Morgan fingerprint density at radius 3 is 2.89 bits per heavy atom. The van der Waals surface area contributed by atoms with Gasteiger partial charge in [0.25, 0.3) is 0 Å². The van der Waals surface area contributed by atoms with Crippen LogP contribution >= 0.6 is 11.3 Å².